The molecule has 0 bridgehead atoms. The van der Waals surface area contributed by atoms with Gasteiger partial charge in [-0.3, -0.25) is 4.79 Å². The molecule has 0 N–H and O–H groups in total. The summed E-state index contributed by atoms with van der Waals surface area (Å²) < 4.78 is 1.95. The van der Waals surface area contributed by atoms with Crippen LogP contribution in [0.5, 0.6) is 0 Å². The fourth-order valence-electron chi connectivity index (χ4n) is 4.59. The predicted octanol–water partition coefficient (Wildman–Crippen LogP) is 5.81. The Balaban J connectivity index is 1.54. The normalized spacial score (nSPS) is 22.0. The van der Waals surface area contributed by atoms with Crippen molar-refractivity contribution in [1.82, 2.24) is 15.0 Å². The lowest BCUT2D eigenvalue weighted by atomic mass is 9.74. The van der Waals surface area contributed by atoms with Crippen LogP contribution in [0.15, 0.2) is 60.8 Å². The monoisotopic (exact) mass is 387 g/mol. The first kappa shape index (κ1) is 19.6. The zero-order valence-electron chi connectivity index (χ0n) is 17.5. The highest BCUT2D eigenvalue weighted by Crippen LogP contribution is 2.40. The second kappa shape index (κ2) is 8.32. The van der Waals surface area contributed by atoms with E-state index < -0.39 is 0 Å². The zero-order chi connectivity index (χ0) is 20.4. The van der Waals surface area contributed by atoms with Gasteiger partial charge in [-0.25, -0.2) is 4.68 Å². The summed E-state index contributed by atoms with van der Waals surface area (Å²) in [5, 5.41) is 8.60. The van der Waals surface area contributed by atoms with Crippen molar-refractivity contribution in [3.63, 3.8) is 0 Å². The number of hydrogen-bond donors (Lipinski definition) is 0. The number of benzene rings is 2. The van der Waals surface area contributed by atoms with Gasteiger partial charge in [-0.2, -0.15) is 0 Å². The van der Waals surface area contributed by atoms with E-state index in [-0.39, 0.29) is 5.78 Å². The van der Waals surface area contributed by atoms with Gasteiger partial charge in [0.1, 0.15) is 0 Å². The SMILES string of the molecule is CC(C)[C@@H]1CC[C@@H](C)C[C@H]1n1cc(C(=O)c2ccc(-c3ccccc3)cc2)nn1. The van der Waals surface area contributed by atoms with Gasteiger partial charge in [0.2, 0.25) is 5.78 Å². The first-order chi connectivity index (χ1) is 14.0. The molecular weight excluding hydrogens is 358 g/mol. The van der Waals surface area contributed by atoms with Gasteiger partial charge in [0, 0.05) is 5.56 Å². The average molecular weight is 388 g/mol. The van der Waals surface area contributed by atoms with Crippen molar-refractivity contribution in [3.05, 3.63) is 72.1 Å². The second-order valence-electron chi connectivity index (χ2n) is 8.75. The molecular formula is C25H29N3O. The predicted molar refractivity (Wildman–Crippen MR) is 116 cm³/mol. The van der Waals surface area contributed by atoms with Crippen molar-refractivity contribution in [1.29, 1.82) is 0 Å². The van der Waals surface area contributed by atoms with Gasteiger partial charge in [0.05, 0.1) is 12.2 Å². The number of rotatable bonds is 5. The van der Waals surface area contributed by atoms with Crippen LogP contribution >= 0.6 is 0 Å². The summed E-state index contributed by atoms with van der Waals surface area (Å²) in [6, 6.07) is 18.2. The van der Waals surface area contributed by atoms with Gasteiger partial charge in [0.25, 0.3) is 0 Å². The lowest BCUT2D eigenvalue weighted by Gasteiger charge is -2.37. The fraction of sp³-hybridized carbons (Fsp3) is 0.400. The quantitative estimate of drug-likeness (QED) is 0.519. The average Bonchev–Trinajstić information content (AvgIpc) is 3.24. The van der Waals surface area contributed by atoms with Crippen molar-refractivity contribution in [2.75, 3.05) is 0 Å². The Morgan fingerprint density at radius 2 is 1.69 bits per heavy atom. The van der Waals surface area contributed by atoms with Crippen LogP contribution in [-0.2, 0) is 0 Å². The molecule has 3 aromatic rings. The molecule has 2 aromatic carbocycles. The molecule has 3 atom stereocenters. The molecule has 0 amide bonds. The summed E-state index contributed by atoms with van der Waals surface area (Å²) in [6.07, 6.45) is 5.44. The standard InChI is InChI=1S/C25H29N3O/c1-17(2)22-14-9-18(3)15-24(22)28-16-23(26-27-28)25(29)21-12-10-20(11-13-21)19-7-5-4-6-8-19/h4-8,10-13,16-18,22,24H,9,14-15H2,1-3H3/t18-,22+,24-/m1/s1. The molecule has 1 fully saturated rings. The van der Waals surface area contributed by atoms with Crippen LogP contribution in [0.25, 0.3) is 11.1 Å². The molecule has 1 aliphatic carbocycles. The van der Waals surface area contributed by atoms with Crippen molar-refractivity contribution >= 4 is 5.78 Å². The number of ketones is 1. The van der Waals surface area contributed by atoms with E-state index in [0.29, 0.717) is 35.1 Å². The molecule has 0 aliphatic heterocycles. The molecule has 4 nitrogen and oxygen atoms in total. The van der Waals surface area contributed by atoms with Crippen LogP contribution in [0.4, 0.5) is 0 Å². The maximum atomic E-state index is 13.0. The minimum atomic E-state index is -0.0687. The van der Waals surface area contributed by atoms with Crippen molar-refractivity contribution < 1.29 is 4.79 Å². The van der Waals surface area contributed by atoms with Gasteiger partial charge in [0.15, 0.2) is 5.69 Å². The van der Waals surface area contributed by atoms with E-state index in [2.05, 4.69) is 43.2 Å². The number of aromatic nitrogens is 3. The van der Waals surface area contributed by atoms with Gasteiger partial charge < -0.3 is 0 Å². The van der Waals surface area contributed by atoms with E-state index in [1.165, 1.54) is 12.8 Å². The molecule has 0 radical (unpaired) electrons. The smallest absolute Gasteiger partial charge is 0.214 e. The number of hydrogen-bond acceptors (Lipinski definition) is 3. The number of carbonyl (C=O) groups excluding carboxylic acids is 1. The molecule has 4 heteroatoms. The van der Waals surface area contributed by atoms with Crippen LogP contribution in [0, 0.1) is 17.8 Å². The molecule has 4 rings (SSSR count). The van der Waals surface area contributed by atoms with Crippen LogP contribution in [-0.4, -0.2) is 20.8 Å². The van der Waals surface area contributed by atoms with Gasteiger partial charge in [-0.15, -0.1) is 5.10 Å². The highest BCUT2D eigenvalue weighted by atomic mass is 16.1. The Hall–Kier alpha value is -2.75. The fourth-order valence-corrected chi connectivity index (χ4v) is 4.59. The Kier molecular flexibility index (Phi) is 5.61. The van der Waals surface area contributed by atoms with Crippen LogP contribution in [0.1, 0.15) is 62.1 Å². The van der Waals surface area contributed by atoms with Crippen molar-refractivity contribution in [3.8, 4) is 11.1 Å². The summed E-state index contributed by atoms with van der Waals surface area (Å²) in [7, 11) is 0. The lowest BCUT2D eigenvalue weighted by Crippen LogP contribution is -2.30. The summed E-state index contributed by atoms with van der Waals surface area (Å²) in [5.41, 5.74) is 3.32. The first-order valence-corrected chi connectivity index (χ1v) is 10.6. The van der Waals surface area contributed by atoms with E-state index in [4.69, 9.17) is 0 Å². The summed E-state index contributed by atoms with van der Waals surface area (Å²) in [6.45, 7) is 6.87. The zero-order valence-corrected chi connectivity index (χ0v) is 17.5. The third-order valence-corrected chi connectivity index (χ3v) is 6.32. The molecule has 0 unspecified atom stereocenters. The number of nitrogens with zero attached hydrogens (tertiary/aromatic N) is 3. The van der Waals surface area contributed by atoms with E-state index in [0.717, 1.165) is 17.5 Å². The Bertz CT molecular complexity index is 959. The van der Waals surface area contributed by atoms with Crippen LogP contribution in [0.3, 0.4) is 0 Å². The molecule has 29 heavy (non-hydrogen) atoms. The highest BCUT2D eigenvalue weighted by Gasteiger charge is 2.33. The summed E-state index contributed by atoms with van der Waals surface area (Å²) >= 11 is 0. The van der Waals surface area contributed by atoms with Crippen molar-refractivity contribution in [2.24, 2.45) is 17.8 Å². The van der Waals surface area contributed by atoms with Crippen LogP contribution < -0.4 is 0 Å². The molecule has 1 saturated carbocycles. The Morgan fingerprint density at radius 1 is 1.00 bits per heavy atom. The summed E-state index contributed by atoms with van der Waals surface area (Å²) in [5.74, 6) is 1.80. The van der Waals surface area contributed by atoms with Crippen LogP contribution in [0.2, 0.25) is 0 Å². The van der Waals surface area contributed by atoms with Gasteiger partial charge in [-0.05, 0) is 41.7 Å². The molecule has 1 aromatic heterocycles. The maximum absolute atomic E-state index is 13.0. The molecule has 0 saturated heterocycles. The maximum Gasteiger partial charge on any atom is 0.214 e. The van der Waals surface area contributed by atoms with Gasteiger partial charge >= 0.3 is 0 Å². The summed E-state index contributed by atoms with van der Waals surface area (Å²) in [4.78, 5) is 13.0. The van der Waals surface area contributed by atoms with Gasteiger partial charge in [-0.1, -0.05) is 87.0 Å². The topological polar surface area (TPSA) is 47.8 Å². The third-order valence-electron chi connectivity index (χ3n) is 6.32. The molecule has 150 valence electrons. The Morgan fingerprint density at radius 3 is 2.38 bits per heavy atom. The first-order valence-electron chi connectivity index (χ1n) is 10.6. The lowest BCUT2D eigenvalue weighted by molar-refractivity contribution is 0.103. The molecule has 1 heterocycles. The van der Waals surface area contributed by atoms with E-state index in [1.807, 2.05) is 53.3 Å². The number of carbonyl (C=O) groups is 1. The third kappa shape index (κ3) is 4.16. The molecule has 1 aliphatic rings. The van der Waals surface area contributed by atoms with E-state index >= 15 is 0 Å². The minimum absolute atomic E-state index is 0.0687. The van der Waals surface area contributed by atoms with E-state index in [1.54, 1.807) is 0 Å². The highest BCUT2D eigenvalue weighted by molar-refractivity contribution is 6.07. The minimum Gasteiger partial charge on any atom is -0.287 e. The largest absolute Gasteiger partial charge is 0.287 e. The van der Waals surface area contributed by atoms with E-state index in [9.17, 15) is 4.79 Å². The van der Waals surface area contributed by atoms with Crippen molar-refractivity contribution in [2.45, 2.75) is 46.1 Å². The Labute approximate surface area is 173 Å². The second-order valence-corrected chi connectivity index (χ2v) is 8.75. The molecule has 0 spiro atoms.